The van der Waals surface area contributed by atoms with E-state index in [1.54, 1.807) is 6.20 Å². The van der Waals surface area contributed by atoms with Gasteiger partial charge in [0.15, 0.2) is 5.58 Å². The van der Waals surface area contributed by atoms with E-state index in [2.05, 4.69) is 39.5 Å². The summed E-state index contributed by atoms with van der Waals surface area (Å²) in [6.45, 7) is 1.66. The number of hydrogen-bond acceptors (Lipinski definition) is 6. The van der Waals surface area contributed by atoms with Crippen molar-refractivity contribution in [2.75, 3.05) is 23.3 Å². The van der Waals surface area contributed by atoms with E-state index in [1.165, 1.54) is 0 Å². The summed E-state index contributed by atoms with van der Waals surface area (Å²) in [5.41, 5.74) is 12.8. The zero-order valence-electron chi connectivity index (χ0n) is 19.2. The quantitative estimate of drug-likeness (QED) is 0.386. The van der Waals surface area contributed by atoms with Gasteiger partial charge in [-0.15, -0.1) is 0 Å². The first-order chi connectivity index (χ1) is 17.1. The highest BCUT2D eigenvalue weighted by molar-refractivity contribution is 6.14. The normalized spacial score (nSPS) is 18.1. The summed E-state index contributed by atoms with van der Waals surface area (Å²) in [7, 11) is 0. The first-order valence-corrected chi connectivity index (χ1v) is 12.2. The zero-order chi connectivity index (χ0) is 23.5. The molecule has 3 aromatic heterocycles. The van der Waals surface area contributed by atoms with Crippen LogP contribution in [0.2, 0.25) is 0 Å². The van der Waals surface area contributed by atoms with Crippen molar-refractivity contribution in [3.05, 3.63) is 60.8 Å². The number of anilines is 2. The van der Waals surface area contributed by atoms with Crippen molar-refractivity contribution in [2.24, 2.45) is 11.7 Å². The molecule has 0 spiro atoms. The Bertz CT molecular complexity index is 1620. The zero-order valence-corrected chi connectivity index (χ0v) is 19.2. The van der Waals surface area contributed by atoms with Crippen LogP contribution in [0.3, 0.4) is 0 Å². The molecule has 0 bridgehead atoms. The molecule has 7 rings (SSSR count). The Labute approximate surface area is 201 Å². The van der Waals surface area contributed by atoms with Crippen molar-refractivity contribution in [2.45, 2.75) is 25.3 Å². The third-order valence-electron chi connectivity index (χ3n) is 7.10. The topological polar surface area (TPSA) is 97.3 Å². The number of pyridine rings is 2. The average Bonchev–Trinajstić information content (AvgIpc) is 3.55. The molecule has 1 saturated carbocycles. The fraction of sp³-hybridized carbons (Fsp3) is 0.250. The van der Waals surface area contributed by atoms with E-state index in [-0.39, 0.29) is 17.9 Å². The fourth-order valence-corrected chi connectivity index (χ4v) is 5.11. The molecule has 0 radical (unpaired) electrons. The molecule has 7 heteroatoms. The third kappa shape index (κ3) is 3.51. The number of carbonyl (C=O) groups excluding carboxylic acids is 1. The molecule has 2 fully saturated rings. The predicted octanol–water partition coefficient (Wildman–Crippen LogP) is 5.08. The smallest absolute Gasteiger partial charge is 0.228 e. The Morgan fingerprint density at radius 1 is 1.03 bits per heavy atom. The number of para-hydroxylation sites is 1. The van der Waals surface area contributed by atoms with Gasteiger partial charge in [-0.3, -0.25) is 4.79 Å². The van der Waals surface area contributed by atoms with E-state index < -0.39 is 0 Å². The van der Waals surface area contributed by atoms with Gasteiger partial charge in [0.1, 0.15) is 16.9 Å². The number of fused-ring (bicyclic) bond motifs is 4. The Morgan fingerprint density at radius 3 is 2.71 bits per heavy atom. The largest absolute Gasteiger partial charge is 0.452 e. The molecule has 4 heterocycles. The monoisotopic (exact) mass is 463 g/mol. The molecule has 5 aromatic rings. The van der Waals surface area contributed by atoms with Crippen molar-refractivity contribution in [1.29, 1.82) is 0 Å². The molecule has 1 atom stereocenters. The Hall–Kier alpha value is -3.97. The van der Waals surface area contributed by atoms with Gasteiger partial charge in [0.05, 0.1) is 11.2 Å². The Kier molecular flexibility index (Phi) is 4.54. The maximum absolute atomic E-state index is 12.2. The van der Waals surface area contributed by atoms with E-state index in [0.717, 1.165) is 82.1 Å². The van der Waals surface area contributed by atoms with E-state index in [0.29, 0.717) is 5.82 Å². The summed E-state index contributed by atoms with van der Waals surface area (Å²) in [4.78, 5) is 23.9. The molecule has 7 nitrogen and oxygen atoms in total. The van der Waals surface area contributed by atoms with Crippen LogP contribution in [-0.2, 0) is 4.79 Å². The van der Waals surface area contributed by atoms with Crippen LogP contribution >= 0.6 is 0 Å². The molecule has 3 N–H and O–H groups in total. The second-order valence-corrected chi connectivity index (χ2v) is 9.66. The Balaban J connectivity index is 1.40. The summed E-state index contributed by atoms with van der Waals surface area (Å²) in [6, 6.07) is 18.4. The van der Waals surface area contributed by atoms with Crippen LogP contribution in [0.1, 0.15) is 19.3 Å². The van der Waals surface area contributed by atoms with Crippen LogP contribution < -0.4 is 16.0 Å². The summed E-state index contributed by atoms with van der Waals surface area (Å²) in [5.74, 6) is 0.765. The fourth-order valence-electron chi connectivity index (χ4n) is 5.11. The van der Waals surface area contributed by atoms with E-state index in [1.807, 2.05) is 30.3 Å². The molecule has 0 unspecified atom stereocenters. The van der Waals surface area contributed by atoms with Gasteiger partial charge in [-0.2, -0.15) is 0 Å². The number of nitrogens with two attached hydrogens (primary N) is 1. The number of hydrogen-bond donors (Lipinski definition) is 2. The second-order valence-electron chi connectivity index (χ2n) is 9.66. The van der Waals surface area contributed by atoms with Crippen molar-refractivity contribution in [3.63, 3.8) is 0 Å². The lowest BCUT2D eigenvalue weighted by molar-refractivity contribution is -0.117. The standard InChI is InChI=1S/C28H25N5O2/c29-19-10-12-33(15-19)26-21-13-17(18-9-11-30-24(14-18)32-28(34)16-5-6-16)7-8-22(21)31-25-20-3-1-2-4-23(20)35-27(25)26/h1-4,7-9,11,13-14,16,19H,5-6,10,12,15,29H2,(H,30,32,34)/t19-/m0/s1. The summed E-state index contributed by atoms with van der Waals surface area (Å²) in [6.07, 6.45) is 4.60. The van der Waals surface area contributed by atoms with Crippen LogP contribution in [0.25, 0.3) is 44.1 Å². The highest BCUT2D eigenvalue weighted by Crippen LogP contribution is 2.41. The van der Waals surface area contributed by atoms with Crippen molar-refractivity contribution < 1.29 is 9.21 Å². The predicted molar refractivity (Wildman–Crippen MR) is 138 cm³/mol. The number of rotatable bonds is 4. The maximum atomic E-state index is 12.2. The van der Waals surface area contributed by atoms with Gasteiger partial charge >= 0.3 is 0 Å². The molecule has 1 aliphatic carbocycles. The average molecular weight is 464 g/mol. The van der Waals surface area contributed by atoms with Gasteiger partial charge < -0.3 is 20.4 Å². The van der Waals surface area contributed by atoms with Crippen LogP contribution in [0.4, 0.5) is 11.5 Å². The molecule has 174 valence electrons. The van der Waals surface area contributed by atoms with Crippen molar-refractivity contribution >= 4 is 50.4 Å². The highest BCUT2D eigenvalue weighted by Gasteiger charge is 2.30. The lowest BCUT2D eigenvalue weighted by Crippen LogP contribution is -2.26. The molecule has 1 aliphatic heterocycles. The van der Waals surface area contributed by atoms with Crippen LogP contribution in [0, 0.1) is 5.92 Å². The second kappa shape index (κ2) is 7.78. The molecular weight excluding hydrogens is 438 g/mol. The van der Waals surface area contributed by atoms with E-state index in [4.69, 9.17) is 15.1 Å². The summed E-state index contributed by atoms with van der Waals surface area (Å²) >= 11 is 0. The lowest BCUT2D eigenvalue weighted by Gasteiger charge is -2.21. The minimum atomic E-state index is 0.0531. The van der Waals surface area contributed by atoms with E-state index >= 15 is 0 Å². The third-order valence-corrected chi connectivity index (χ3v) is 7.10. The molecular formula is C28H25N5O2. The van der Waals surface area contributed by atoms with Gasteiger partial charge in [0.25, 0.3) is 0 Å². The van der Waals surface area contributed by atoms with Crippen molar-refractivity contribution in [3.8, 4) is 11.1 Å². The van der Waals surface area contributed by atoms with Gasteiger partial charge in [0.2, 0.25) is 5.91 Å². The number of amides is 1. The molecule has 2 aromatic carbocycles. The molecule has 35 heavy (non-hydrogen) atoms. The molecule has 1 amide bonds. The summed E-state index contributed by atoms with van der Waals surface area (Å²) in [5, 5.41) is 5.00. The lowest BCUT2D eigenvalue weighted by atomic mass is 10.0. The van der Waals surface area contributed by atoms with E-state index in [9.17, 15) is 4.79 Å². The van der Waals surface area contributed by atoms with Gasteiger partial charge in [0, 0.05) is 42.0 Å². The molecule has 1 saturated heterocycles. The van der Waals surface area contributed by atoms with Crippen molar-refractivity contribution in [1.82, 2.24) is 9.97 Å². The first-order valence-electron chi connectivity index (χ1n) is 12.2. The number of furan rings is 1. The summed E-state index contributed by atoms with van der Waals surface area (Å²) < 4.78 is 6.37. The van der Waals surface area contributed by atoms with Gasteiger partial charge in [-0.25, -0.2) is 9.97 Å². The SMILES string of the molecule is N[C@H]1CCN(c2c3cc(-c4ccnc(NC(=O)C5CC5)c4)ccc3nc3c2oc2ccccc23)C1. The number of carbonyl (C=O) groups is 1. The number of benzene rings is 2. The number of nitrogens with one attached hydrogen (secondary N) is 1. The number of nitrogens with zero attached hydrogens (tertiary/aromatic N) is 3. The number of aromatic nitrogens is 2. The minimum Gasteiger partial charge on any atom is -0.452 e. The van der Waals surface area contributed by atoms with Crippen LogP contribution in [0.15, 0.2) is 65.2 Å². The minimum absolute atomic E-state index is 0.0531. The highest BCUT2D eigenvalue weighted by atomic mass is 16.3. The van der Waals surface area contributed by atoms with Crippen LogP contribution in [0.5, 0.6) is 0 Å². The van der Waals surface area contributed by atoms with Crippen LogP contribution in [-0.4, -0.2) is 35.0 Å². The first kappa shape index (κ1) is 20.4. The van der Waals surface area contributed by atoms with Gasteiger partial charge in [-0.1, -0.05) is 18.2 Å². The van der Waals surface area contributed by atoms with Gasteiger partial charge in [-0.05, 0) is 66.8 Å². The Morgan fingerprint density at radius 2 is 1.89 bits per heavy atom. The maximum Gasteiger partial charge on any atom is 0.228 e. The molecule has 2 aliphatic rings.